The van der Waals surface area contributed by atoms with Crippen LogP contribution in [0.25, 0.3) is 0 Å². The lowest BCUT2D eigenvalue weighted by molar-refractivity contribution is -0.163. The summed E-state index contributed by atoms with van der Waals surface area (Å²) in [5.74, 6) is -0.0857. The summed E-state index contributed by atoms with van der Waals surface area (Å²) in [6.45, 7) is 3.13. The third-order valence-electron chi connectivity index (χ3n) is 6.72. The quantitative estimate of drug-likeness (QED) is 0.475. The molecule has 32 heavy (non-hydrogen) atoms. The Morgan fingerprint density at radius 2 is 1.84 bits per heavy atom. The lowest BCUT2D eigenvalue weighted by atomic mass is 9.85. The molecule has 2 bridgehead atoms. The first kappa shape index (κ1) is 21.5. The Hall–Kier alpha value is -2.32. The Balaban J connectivity index is 1.29. The number of Topliss-reactive ketones (excluding diaryl/α,β-unsaturated/α-hetero) is 1. The summed E-state index contributed by atoms with van der Waals surface area (Å²) >= 11 is 0. The summed E-state index contributed by atoms with van der Waals surface area (Å²) in [4.78, 5) is 13.5. The second-order valence-corrected chi connectivity index (χ2v) is 10.9. The molecule has 2 saturated heterocycles. The smallest absolute Gasteiger partial charge is 0.243 e. The average Bonchev–Trinajstić information content (AvgIpc) is 3.32. The SMILES string of the molecule is Cc1ccc(S(=O)(=O)N2CC[C@@]34C=C[C@@](CCOCc5ccccc5)(CC(=O)[C@H]23)O4)cc1. The zero-order valence-electron chi connectivity index (χ0n) is 18.1. The number of hydrogen-bond acceptors (Lipinski definition) is 5. The van der Waals surface area contributed by atoms with E-state index in [0.717, 1.165) is 11.1 Å². The number of aryl methyl sites for hydroxylation is 1. The number of carbonyl (C=O) groups is 1. The van der Waals surface area contributed by atoms with Gasteiger partial charge >= 0.3 is 0 Å². The van der Waals surface area contributed by atoms with Gasteiger partial charge < -0.3 is 9.47 Å². The molecule has 3 aliphatic rings. The average molecular weight is 454 g/mol. The summed E-state index contributed by atoms with van der Waals surface area (Å²) in [5, 5.41) is 0. The van der Waals surface area contributed by atoms with E-state index < -0.39 is 27.3 Å². The van der Waals surface area contributed by atoms with Crippen molar-refractivity contribution >= 4 is 15.8 Å². The minimum atomic E-state index is -3.79. The van der Waals surface area contributed by atoms with Crippen LogP contribution in [0.15, 0.2) is 71.6 Å². The van der Waals surface area contributed by atoms with Crippen molar-refractivity contribution in [3.8, 4) is 0 Å². The highest BCUT2D eigenvalue weighted by Gasteiger charge is 2.63. The van der Waals surface area contributed by atoms with Crippen molar-refractivity contribution in [2.75, 3.05) is 13.2 Å². The molecule has 1 spiro atoms. The third kappa shape index (κ3) is 3.63. The van der Waals surface area contributed by atoms with Crippen molar-refractivity contribution in [1.82, 2.24) is 4.31 Å². The highest BCUT2D eigenvalue weighted by atomic mass is 32.2. The molecule has 168 valence electrons. The summed E-state index contributed by atoms with van der Waals surface area (Å²) in [6, 6.07) is 15.9. The van der Waals surface area contributed by atoms with Crippen LogP contribution >= 0.6 is 0 Å². The monoisotopic (exact) mass is 453 g/mol. The standard InChI is InChI=1S/C25H27NO5S/c1-19-7-9-21(10-8-19)32(28,29)26-15-13-25-12-11-24(31-25,17-22(27)23(25)26)14-16-30-18-20-5-3-2-4-6-20/h2-12,23H,13-18H2,1H3/t23-,24+,25-/m0/s1. The van der Waals surface area contributed by atoms with E-state index in [9.17, 15) is 13.2 Å². The Labute approximate surface area is 188 Å². The molecule has 0 aromatic heterocycles. The van der Waals surface area contributed by atoms with Crippen molar-refractivity contribution in [1.29, 1.82) is 0 Å². The fourth-order valence-electron chi connectivity index (χ4n) is 5.07. The van der Waals surface area contributed by atoms with Gasteiger partial charge in [-0.1, -0.05) is 60.2 Å². The van der Waals surface area contributed by atoms with Crippen LogP contribution in [0.2, 0.25) is 0 Å². The van der Waals surface area contributed by atoms with Gasteiger partial charge in [-0.25, -0.2) is 8.42 Å². The molecule has 2 aromatic carbocycles. The van der Waals surface area contributed by atoms with Gasteiger partial charge in [-0.2, -0.15) is 4.31 Å². The summed E-state index contributed by atoms with van der Waals surface area (Å²) in [7, 11) is -3.79. The van der Waals surface area contributed by atoms with Crippen molar-refractivity contribution < 1.29 is 22.7 Å². The Morgan fingerprint density at radius 1 is 1.09 bits per heavy atom. The van der Waals surface area contributed by atoms with Crippen molar-refractivity contribution in [3.63, 3.8) is 0 Å². The minimum absolute atomic E-state index is 0.0857. The fourth-order valence-corrected chi connectivity index (χ4v) is 6.73. The molecule has 0 radical (unpaired) electrons. The highest BCUT2D eigenvalue weighted by Crippen LogP contribution is 2.51. The molecule has 3 aliphatic heterocycles. The van der Waals surface area contributed by atoms with E-state index in [1.54, 1.807) is 24.3 Å². The molecular weight excluding hydrogens is 426 g/mol. The third-order valence-corrected chi connectivity index (χ3v) is 8.60. The van der Waals surface area contributed by atoms with Crippen LogP contribution in [-0.4, -0.2) is 48.9 Å². The number of nitrogens with zero attached hydrogens (tertiary/aromatic N) is 1. The number of fused-ring (bicyclic) bond motifs is 1. The Bertz CT molecular complexity index is 1140. The van der Waals surface area contributed by atoms with Crippen LogP contribution in [-0.2, 0) is 30.9 Å². The molecule has 3 heterocycles. The molecule has 0 saturated carbocycles. The number of hydrogen-bond donors (Lipinski definition) is 0. The van der Waals surface area contributed by atoms with E-state index in [2.05, 4.69) is 0 Å². The summed E-state index contributed by atoms with van der Waals surface area (Å²) < 4.78 is 40.3. The van der Waals surface area contributed by atoms with Crippen molar-refractivity contribution in [2.45, 2.75) is 54.9 Å². The van der Waals surface area contributed by atoms with Crippen LogP contribution in [0, 0.1) is 6.92 Å². The van der Waals surface area contributed by atoms with Crippen LogP contribution in [0.4, 0.5) is 0 Å². The molecular formula is C25H27NO5S. The molecule has 6 nitrogen and oxygen atoms in total. The topological polar surface area (TPSA) is 72.9 Å². The van der Waals surface area contributed by atoms with E-state index in [1.165, 1.54) is 4.31 Å². The molecule has 5 rings (SSSR count). The summed E-state index contributed by atoms with van der Waals surface area (Å²) in [6.07, 6.45) is 5.06. The van der Waals surface area contributed by atoms with Gasteiger partial charge in [0, 0.05) is 19.4 Å². The molecule has 2 fully saturated rings. The van der Waals surface area contributed by atoms with E-state index in [0.29, 0.717) is 26.1 Å². The van der Waals surface area contributed by atoms with Gasteiger partial charge in [0.25, 0.3) is 0 Å². The molecule has 2 aromatic rings. The van der Waals surface area contributed by atoms with Crippen LogP contribution < -0.4 is 0 Å². The Kier molecular flexibility index (Phi) is 5.33. The molecule has 0 unspecified atom stereocenters. The van der Waals surface area contributed by atoms with Crippen LogP contribution in [0.3, 0.4) is 0 Å². The van der Waals surface area contributed by atoms with E-state index in [4.69, 9.17) is 9.47 Å². The number of ether oxygens (including phenoxy) is 2. The predicted octanol–water partition coefficient (Wildman–Crippen LogP) is 3.40. The Morgan fingerprint density at radius 3 is 2.59 bits per heavy atom. The van der Waals surface area contributed by atoms with E-state index >= 15 is 0 Å². The lowest BCUT2D eigenvalue weighted by Gasteiger charge is -2.42. The first-order chi connectivity index (χ1) is 15.3. The summed E-state index contributed by atoms with van der Waals surface area (Å²) in [5.41, 5.74) is 0.481. The fraction of sp³-hybridized carbons (Fsp3) is 0.400. The van der Waals surface area contributed by atoms with E-state index in [1.807, 2.05) is 49.4 Å². The predicted molar refractivity (Wildman–Crippen MR) is 120 cm³/mol. The van der Waals surface area contributed by atoms with Gasteiger partial charge in [0.2, 0.25) is 10.0 Å². The molecule has 7 heteroatoms. The molecule has 0 amide bonds. The van der Waals surface area contributed by atoms with Gasteiger partial charge in [-0.15, -0.1) is 0 Å². The second kappa shape index (κ2) is 7.92. The minimum Gasteiger partial charge on any atom is -0.377 e. The lowest BCUT2D eigenvalue weighted by Crippen LogP contribution is -2.58. The number of carbonyl (C=O) groups excluding carboxylic acids is 1. The van der Waals surface area contributed by atoms with Crippen molar-refractivity contribution in [2.24, 2.45) is 0 Å². The molecule has 0 N–H and O–H groups in total. The van der Waals surface area contributed by atoms with Crippen LogP contribution in [0.5, 0.6) is 0 Å². The van der Waals surface area contributed by atoms with Crippen LogP contribution in [0.1, 0.15) is 30.4 Å². The van der Waals surface area contributed by atoms with E-state index in [-0.39, 0.29) is 23.6 Å². The second-order valence-electron chi connectivity index (χ2n) is 8.97. The zero-order chi connectivity index (χ0) is 22.4. The maximum Gasteiger partial charge on any atom is 0.243 e. The largest absolute Gasteiger partial charge is 0.377 e. The number of sulfonamides is 1. The number of benzene rings is 2. The maximum atomic E-state index is 13.3. The first-order valence-corrected chi connectivity index (χ1v) is 12.4. The van der Waals surface area contributed by atoms with Crippen molar-refractivity contribution in [3.05, 3.63) is 77.9 Å². The van der Waals surface area contributed by atoms with Gasteiger partial charge in [0.15, 0.2) is 5.78 Å². The van der Waals surface area contributed by atoms with Gasteiger partial charge in [-0.05, 0) is 31.0 Å². The normalized spacial score (nSPS) is 29.4. The van der Waals surface area contributed by atoms with Gasteiger partial charge in [0.05, 0.1) is 23.7 Å². The number of ketones is 1. The highest BCUT2D eigenvalue weighted by molar-refractivity contribution is 7.89. The zero-order valence-corrected chi connectivity index (χ0v) is 18.9. The maximum absolute atomic E-state index is 13.3. The van der Waals surface area contributed by atoms with Gasteiger partial charge in [-0.3, -0.25) is 4.79 Å². The van der Waals surface area contributed by atoms with Gasteiger partial charge in [0.1, 0.15) is 11.6 Å². The number of rotatable bonds is 7. The molecule has 0 aliphatic carbocycles. The molecule has 3 atom stereocenters. The first-order valence-electron chi connectivity index (χ1n) is 11.0.